The van der Waals surface area contributed by atoms with Crippen LogP contribution in [0.3, 0.4) is 0 Å². The van der Waals surface area contributed by atoms with E-state index in [-0.39, 0.29) is 38.2 Å². The Bertz CT molecular complexity index is 1200. The molecule has 7 nitrogen and oxygen atoms in total. The van der Waals surface area contributed by atoms with Gasteiger partial charge in [-0.3, -0.25) is 9.29 Å². The number of nitrogens with one attached hydrogen (secondary N) is 1. The number of aromatic nitrogens is 4. The van der Waals surface area contributed by atoms with Crippen molar-refractivity contribution >= 4 is 54.8 Å². The minimum absolute atomic E-state index is 0.0119. The van der Waals surface area contributed by atoms with Gasteiger partial charge in [0.25, 0.3) is 16.4 Å². The van der Waals surface area contributed by atoms with E-state index in [4.69, 9.17) is 23.2 Å². The van der Waals surface area contributed by atoms with Gasteiger partial charge in [-0.15, -0.1) is 10.2 Å². The van der Waals surface area contributed by atoms with Crippen molar-refractivity contribution < 1.29 is 17.2 Å². The maximum atomic E-state index is 13.1. The number of hydrogen-bond acceptors (Lipinski definition) is 5. The second-order valence-electron chi connectivity index (χ2n) is 6.40. The molecule has 0 saturated carbocycles. The molecule has 0 aliphatic heterocycles. The summed E-state index contributed by atoms with van der Waals surface area (Å²) in [7, 11) is -4.27. The smallest absolute Gasteiger partial charge is 0.265 e. The first-order valence-corrected chi connectivity index (χ1v) is 11.4. The van der Waals surface area contributed by atoms with Crippen molar-refractivity contribution in [3.8, 4) is 11.5 Å². The summed E-state index contributed by atoms with van der Waals surface area (Å²) in [6, 6.07) is 4.32. The Morgan fingerprint density at radius 1 is 1.17 bits per heavy atom. The monoisotopic (exact) mass is 539 g/mol. The predicted molar refractivity (Wildman–Crippen MR) is 114 cm³/mol. The fourth-order valence-corrected chi connectivity index (χ4v) is 4.75. The lowest BCUT2D eigenvalue weighted by atomic mass is 10.2. The van der Waals surface area contributed by atoms with Crippen molar-refractivity contribution in [3.63, 3.8) is 0 Å². The second kappa shape index (κ2) is 8.74. The predicted octanol–water partition coefficient (Wildman–Crippen LogP) is 5.73. The van der Waals surface area contributed by atoms with Gasteiger partial charge in [-0.05, 0) is 54.0 Å². The molecule has 0 aliphatic rings. The fraction of sp³-hybridized carbons (Fsp3) is 0.235. The Hall–Kier alpha value is -1.82. The van der Waals surface area contributed by atoms with Crippen molar-refractivity contribution in [1.82, 2.24) is 19.7 Å². The van der Waals surface area contributed by atoms with E-state index >= 15 is 0 Å². The van der Waals surface area contributed by atoms with Gasteiger partial charge in [0.05, 0.1) is 15.6 Å². The van der Waals surface area contributed by atoms with E-state index in [0.29, 0.717) is 4.73 Å². The zero-order valence-electron chi connectivity index (χ0n) is 15.4. The van der Waals surface area contributed by atoms with Gasteiger partial charge in [0.2, 0.25) is 4.73 Å². The third-order valence-corrected chi connectivity index (χ3v) is 6.45. The van der Waals surface area contributed by atoms with E-state index in [1.54, 1.807) is 4.57 Å². The molecule has 2 aromatic heterocycles. The molecule has 0 amide bonds. The number of halogens is 5. The van der Waals surface area contributed by atoms with Gasteiger partial charge in [-0.2, -0.15) is 0 Å². The standard InChI is InChI=1S/C17H14BrCl2F2N5O2S/c1-8(2)27-16(24-25-17(27)18)14-13(5-9(19)7-23-14)26-30(28,29)10-3-4-12(20)11(6-10)15(21)22/h3-8,15,26H,1-2H3. The molecule has 0 spiro atoms. The molecular formula is C17H14BrCl2F2N5O2S. The third kappa shape index (κ3) is 4.58. The first kappa shape index (κ1) is 22.9. The van der Waals surface area contributed by atoms with E-state index in [0.717, 1.165) is 18.2 Å². The van der Waals surface area contributed by atoms with E-state index in [9.17, 15) is 17.2 Å². The number of pyridine rings is 1. The largest absolute Gasteiger partial charge is 0.298 e. The Morgan fingerprint density at radius 3 is 2.50 bits per heavy atom. The highest BCUT2D eigenvalue weighted by Gasteiger charge is 2.24. The average Bonchev–Trinajstić information content (AvgIpc) is 3.03. The average molecular weight is 541 g/mol. The second-order valence-corrected chi connectivity index (χ2v) is 9.63. The number of anilines is 1. The van der Waals surface area contributed by atoms with Gasteiger partial charge < -0.3 is 0 Å². The molecule has 0 unspecified atom stereocenters. The van der Waals surface area contributed by atoms with Crippen LogP contribution in [0, 0.1) is 0 Å². The van der Waals surface area contributed by atoms with Crippen LogP contribution in [0.15, 0.2) is 40.1 Å². The van der Waals surface area contributed by atoms with Crippen LogP contribution < -0.4 is 4.72 Å². The van der Waals surface area contributed by atoms with Crippen molar-refractivity contribution in [2.45, 2.75) is 31.2 Å². The summed E-state index contributed by atoms with van der Waals surface area (Å²) in [6.07, 6.45) is -1.60. The zero-order chi connectivity index (χ0) is 22.2. The van der Waals surface area contributed by atoms with Crippen molar-refractivity contribution in [3.05, 3.63) is 50.8 Å². The highest BCUT2D eigenvalue weighted by Crippen LogP contribution is 2.33. The van der Waals surface area contributed by atoms with Crippen molar-refractivity contribution in [1.29, 1.82) is 0 Å². The van der Waals surface area contributed by atoms with Crippen LogP contribution in [-0.4, -0.2) is 28.2 Å². The lowest BCUT2D eigenvalue weighted by Crippen LogP contribution is -2.15. The lowest BCUT2D eigenvalue weighted by molar-refractivity contribution is 0.151. The number of rotatable bonds is 6. The van der Waals surface area contributed by atoms with Gasteiger partial charge in [-0.1, -0.05) is 23.2 Å². The van der Waals surface area contributed by atoms with Gasteiger partial charge in [0, 0.05) is 22.8 Å². The normalized spacial score (nSPS) is 12.0. The minimum Gasteiger partial charge on any atom is -0.298 e. The first-order valence-electron chi connectivity index (χ1n) is 8.38. The van der Waals surface area contributed by atoms with Crippen molar-refractivity contribution in [2.75, 3.05) is 4.72 Å². The summed E-state index contributed by atoms with van der Waals surface area (Å²) in [5.41, 5.74) is -0.414. The molecule has 0 bridgehead atoms. The summed E-state index contributed by atoms with van der Waals surface area (Å²) in [4.78, 5) is 3.81. The van der Waals surface area contributed by atoms with Crippen LogP contribution in [0.4, 0.5) is 14.5 Å². The number of alkyl halides is 2. The number of nitrogens with zero attached hydrogens (tertiary/aromatic N) is 4. The van der Waals surface area contributed by atoms with Gasteiger partial charge >= 0.3 is 0 Å². The van der Waals surface area contributed by atoms with Crippen LogP contribution in [0.25, 0.3) is 11.5 Å². The zero-order valence-corrected chi connectivity index (χ0v) is 19.4. The summed E-state index contributed by atoms with van der Waals surface area (Å²) >= 11 is 15.0. The Morgan fingerprint density at radius 2 is 1.87 bits per heavy atom. The molecule has 1 aromatic carbocycles. The summed E-state index contributed by atoms with van der Waals surface area (Å²) in [5, 5.41) is 7.94. The van der Waals surface area contributed by atoms with Crippen LogP contribution in [0.2, 0.25) is 10.0 Å². The van der Waals surface area contributed by atoms with Gasteiger partial charge in [0.15, 0.2) is 5.82 Å². The molecule has 0 fully saturated rings. The van der Waals surface area contributed by atoms with Crippen LogP contribution in [0.5, 0.6) is 0 Å². The molecule has 3 aromatic rings. The van der Waals surface area contributed by atoms with Crippen LogP contribution in [0.1, 0.15) is 31.9 Å². The summed E-state index contributed by atoms with van der Waals surface area (Å²) in [5.74, 6) is 0.288. The summed E-state index contributed by atoms with van der Waals surface area (Å²) in [6.45, 7) is 3.77. The molecule has 1 N–H and O–H groups in total. The Kier molecular flexibility index (Phi) is 6.66. The molecular weight excluding hydrogens is 527 g/mol. The maximum absolute atomic E-state index is 13.1. The molecule has 0 radical (unpaired) electrons. The SMILES string of the molecule is CC(C)n1c(Br)nnc1-c1ncc(Cl)cc1NS(=O)(=O)c1ccc(Cl)c(C(F)F)c1. The lowest BCUT2D eigenvalue weighted by Gasteiger charge is -2.15. The fourth-order valence-electron chi connectivity index (χ4n) is 2.65. The topological polar surface area (TPSA) is 89.8 Å². The Labute approximate surface area is 189 Å². The quantitative estimate of drug-likeness (QED) is 0.431. The molecule has 13 heteroatoms. The Balaban J connectivity index is 2.10. The highest BCUT2D eigenvalue weighted by molar-refractivity contribution is 9.10. The third-order valence-electron chi connectivity index (χ3n) is 3.99. The van der Waals surface area contributed by atoms with Crippen LogP contribution in [-0.2, 0) is 10.0 Å². The van der Waals surface area contributed by atoms with Gasteiger partial charge in [-0.25, -0.2) is 22.2 Å². The summed E-state index contributed by atoms with van der Waals surface area (Å²) < 4.78 is 56.5. The minimum atomic E-state index is -4.27. The molecule has 0 saturated heterocycles. The van der Waals surface area contributed by atoms with Gasteiger partial charge in [0.1, 0.15) is 5.69 Å². The van der Waals surface area contributed by atoms with E-state index < -0.39 is 22.0 Å². The van der Waals surface area contributed by atoms with E-state index in [1.807, 2.05) is 13.8 Å². The number of sulfonamides is 1. The molecule has 2 heterocycles. The number of benzene rings is 1. The first-order chi connectivity index (χ1) is 14.0. The molecule has 0 aliphatic carbocycles. The van der Waals surface area contributed by atoms with E-state index in [2.05, 4.69) is 35.8 Å². The van der Waals surface area contributed by atoms with E-state index in [1.165, 1.54) is 12.3 Å². The maximum Gasteiger partial charge on any atom is 0.265 e. The molecule has 3 rings (SSSR count). The number of hydrogen-bond donors (Lipinski definition) is 1. The highest BCUT2D eigenvalue weighted by atomic mass is 79.9. The molecule has 0 atom stereocenters. The van der Waals surface area contributed by atoms with Crippen LogP contribution >= 0.6 is 39.1 Å². The van der Waals surface area contributed by atoms with Crippen molar-refractivity contribution in [2.24, 2.45) is 0 Å². The molecule has 30 heavy (non-hydrogen) atoms. The molecule has 160 valence electrons.